The largest absolute Gasteiger partial charge is 0.462 e. The van der Waals surface area contributed by atoms with Crippen molar-refractivity contribution in [2.45, 2.75) is 37.5 Å². The van der Waals surface area contributed by atoms with Gasteiger partial charge in [-0.2, -0.15) is 0 Å². The monoisotopic (exact) mass is 450 g/mol. The molecule has 0 saturated heterocycles. The fourth-order valence-corrected chi connectivity index (χ4v) is 4.12. The van der Waals surface area contributed by atoms with E-state index in [9.17, 15) is 18.0 Å². The van der Waals surface area contributed by atoms with Crippen LogP contribution in [0.15, 0.2) is 47.5 Å². The van der Waals surface area contributed by atoms with Crippen LogP contribution in [0.4, 0.5) is 5.69 Å². The maximum atomic E-state index is 12.7. The number of anilines is 1. The molecule has 0 aliphatic carbocycles. The van der Waals surface area contributed by atoms with E-state index in [0.29, 0.717) is 6.61 Å². The van der Waals surface area contributed by atoms with Gasteiger partial charge in [0.2, 0.25) is 0 Å². The number of benzene rings is 1. The van der Waals surface area contributed by atoms with Gasteiger partial charge >= 0.3 is 11.9 Å². The fraction of sp³-hybridized carbons (Fsp3) is 0.350. The van der Waals surface area contributed by atoms with Crippen molar-refractivity contribution in [1.29, 1.82) is 0 Å². The molecular formula is C20H26N2O6SSi. The second-order valence-electron chi connectivity index (χ2n) is 7.73. The van der Waals surface area contributed by atoms with Gasteiger partial charge in [-0.25, -0.2) is 23.0 Å². The third kappa shape index (κ3) is 6.96. The van der Waals surface area contributed by atoms with Crippen LogP contribution in [0.3, 0.4) is 0 Å². The number of nitrogens with zero attached hydrogens (tertiary/aromatic N) is 1. The fourth-order valence-electron chi connectivity index (χ4n) is 2.32. The van der Waals surface area contributed by atoms with E-state index < -0.39 is 30.0 Å². The molecule has 1 heterocycles. The van der Waals surface area contributed by atoms with Crippen molar-refractivity contribution in [3.63, 3.8) is 0 Å². The summed E-state index contributed by atoms with van der Waals surface area (Å²) in [7, 11) is -5.31. The van der Waals surface area contributed by atoms with Crippen molar-refractivity contribution in [2.24, 2.45) is 0 Å². The molecule has 0 spiro atoms. The van der Waals surface area contributed by atoms with Crippen LogP contribution in [0, 0.1) is 0 Å². The number of carbonyl (C=O) groups is 2. The molecule has 8 nitrogen and oxygen atoms in total. The molecule has 0 radical (unpaired) electrons. The minimum Gasteiger partial charge on any atom is -0.462 e. The highest BCUT2D eigenvalue weighted by Crippen LogP contribution is 2.18. The Hall–Kier alpha value is -2.72. The molecule has 162 valence electrons. The quantitative estimate of drug-likeness (QED) is 0.459. The Kier molecular flexibility index (Phi) is 7.74. The van der Waals surface area contributed by atoms with Gasteiger partial charge in [0.25, 0.3) is 10.0 Å². The van der Waals surface area contributed by atoms with Crippen LogP contribution >= 0.6 is 0 Å². The van der Waals surface area contributed by atoms with Crippen LogP contribution in [0.25, 0.3) is 0 Å². The highest BCUT2D eigenvalue weighted by molar-refractivity contribution is 7.92. The molecule has 0 unspecified atom stereocenters. The Morgan fingerprint density at radius 2 is 1.80 bits per heavy atom. The molecule has 1 aromatic carbocycles. The van der Waals surface area contributed by atoms with E-state index in [1.807, 2.05) is 0 Å². The van der Waals surface area contributed by atoms with Gasteiger partial charge in [0, 0.05) is 8.07 Å². The van der Waals surface area contributed by atoms with Gasteiger partial charge < -0.3 is 9.47 Å². The molecule has 0 saturated carbocycles. The minimum atomic E-state index is -3.96. The first-order valence-corrected chi connectivity index (χ1v) is 14.6. The van der Waals surface area contributed by atoms with E-state index in [2.05, 4.69) is 29.3 Å². The average molecular weight is 451 g/mol. The predicted octanol–water partition coefficient (Wildman–Crippen LogP) is 3.55. The zero-order valence-corrected chi connectivity index (χ0v) is 19.3. The molecule has 0 bridgehead atoms. The molecule has 0 aliphatic rings. The van der Waals surface area contributed by atoms with Gasteiger partial charge in [-0.1, -0.05) is 25.7 Å². The number of esters is 2. The van der Waals surface area contributed by atoms with E-state index in [1.165, 1.54) is 42.6 Å². The topological polar surface area (TPSA) is 112 Å². The van der Waals surface area contributed by atoms with Crippen LogP contribution in [0.2, 0.25) is 25.7 Å². The van der Waals surface area contributed by atoms with Crippen LogP contribution in [-0.2, 0) is 19.5 Å². The first kappa shape index (κ1) is 23.6. The van der Waals surface area contributed by atoms with Crippen molar-refractivity contribution in [3.05, 3.63) is 53.9 Å². The van der Waals surface area contributed by atoms with E-state index >= 15 is 0 Å². The summed E-state index contributed by atoms with van der Waals surface area (Å²) in [6.45, 7) is 8.72. The molecule has 2 aromatic rings. The van der Waals surface area contributed by atoms with Crippen LogP contribution < -0.4 is 4.72 Å². The zero-order valence-electron chi connectivity index (χ0n) is 17.5. The smallest absolute Gasteiger partial charge is 0.356 e. The molecule has 10 heteroatoms. The average Bonchev–Trinajstić information content (AvgIpc) is 2.67. The summed E-state index contributed by atoms with van der Waals surface area (Å²) < 4.78 is 37.8. The summed E-state index contributed by atoms with van der Waals surface area (Å²) in [4.78, 5) is 27.7. The van der Waals surface area contributed by atoms with Gasteiger partial charge in [0.15, 0.2) is 0 Å². The highest BCUT2D eigenvalue weighted by atomic mass is 32.2. The van der Waals surface area contributed by atoms with Gasteiger partial charge in [-0.15, -0.1) is 0 Å². The number of pyridine rings is 1. The highest BCUT2D eigenvalue weighted by Gasteiger charge is 2.19. The van der Waals surface area contributed by atoms with E-state index in [1.54, 1.807) is 6.92 Å². The third-order valence-corrected chi connectivity index (χ3v) is 7.05. The van der Waals surface area contributed by atoms with E-state index in [4.69, 9.17) is 9.47 Å². The Balaban J connectivity index is 2.10. The number of aromatic nitrogens is 1. The number of hydrogen-bond donors (Lipinski definition) is 1. The lowest BCUT2D eigenvalue weighted by Gasteiger charge is -2.15. The Labute approximate surface area is 177 Å². The molecule has 0 fully saturated rings. The lowest BCUT2D eigenvalue weighted by Crippen LogP contribution is -2.22. The van der Waals surface area contributed by atoms with Gasteiger partial charge in [0.1, 0.15) is 5.69 Å². The first-order valence-electron chi connectivity index (χ1n) is 9.45. The number of carbonyl (C=O) groups excluding carboxylic acids is 2. The Bertz CT molecular complexity index is 1000. The van der Waals surface area contributed by atoms with Crippen LogP contribution in [-0.4, -0.2) is 46.6 Å². The van der Waals surface area contributed by atoms with Gasteiger partial charge in [-0.05, 0) is 43.3 Å². The zero-order chi connectivity index (χ0) is 22.4. The van der Waals surface area contributed by atoms with Crippen molar-refractivity contribution in [1.82, 2.24) is 4.98 Å². The third-order valence-electron chi connectivity index (χ3n) is 3.97. The summed E-state index contributed by atoms with van der Waals surface area (Å²) in [5.74, 6) is -1.15. The number of hydrogen-bond acceptors (Lipinski definition) is 7. The van der Waals surface area contributed by atoms with Gasteiger partial charge in [0.05, 0.1) is 35.6 Å². The maximum Gasteiger partial charge on any atom is 0.356 e. The Morgan fingerprint density at radius 3 is 2.40 bits per heavy atom. The number of nitrogens with one attached hydrogen (secondary N) is 1. The van der Waals surface area contributed by atoms with Crippen molar-refractivity contribution in [2.75, 3.05) is 17.9 Å². The number of rotatable bonds is 9. The summed E-state index contributed by atoms with van der Waals surface area (Å²) in [5, 5.41) is 0. The molecule has 0 aliphatic heterocycles. The lowest BCUT2D eigenvalue weighted by atomic mass is 10.2. The number of sulfonamides is 1. The first-order chi connectivity index (χ1) is 14.0. The summed E-state index contributed by atoms with van der Waals surface area (Å²) in [5.41, 5.74) is 0.401. The minimum absolute atomic E-state index is 0.0721. The second-order valence-corrected chi connectivity index (χ2v) is 15.0. The van der Waals surface area contributed by atoms with Gasteiger partial charge in [-0.3, -0.25) is 4.72 Å². The maximum absolute atomic E-state index is 12.7. The van der Waals surface area contributed by atoms with Crippen molar-refractivity contribution in [3.8, 4) is 0 Å². The van der Waals surface area contributed by atoms with Crippen LogP contribution in [0.1, 0.15) is 27.8 Å². The Morgan fingerprint density at radius 1 is 1.07 bits per heavy atom. The standard InChI is InChI=1S/C20H26N2O6SSi/c1-5-27-20(24)18-10-9-16(14-21-18)22-29(25,26)17-8-6-7-15(13-17)19(23)28-11-12-30(2,3)4/h6-10,13-14,22H,5,11-12H2,1-4H3. The van der Waals surface area contributed by atoms with Crippen molar-refractivity contribution >= 4 is 35.7 Å². The SMILES string of the molecule is CCOC(=O)c1ccc(NS(=O)(=O)c2cccc(C(=O)OCC[Si](C)(C)C)c2)cn1. The summed E-state index contributed by atoms with van der Waals surface area (Å²) in [6.07, 6.45) is 1.22. The number of ether oxygens (including phenoxy) is 2. The second kappa shape index (κ2) is 9.85. The van der Waals surface area contributed by atoms with Crippen LogP contribution in [0.5, 0.6) is 0 Å². The summed E-state index contributed by atoms with van der Waals surface area (Å²) >= 11 is 0. The molecular weight excluding hydrogens is 424 g/mol. The summed E-state index contributed by atoms with van der Waals surface area (Å²) in [6, 6.07) is 9.22. The molecule has 1 aromatic heterocycles. The van der Waals surface area contributed by atoms with E-state index in [-0.39, 0.29) is 28.4 Å². The van der Waals surface area contributed by atoms with E-state index in [0.717, 1.165) is 6.04 Å². The molecule has 1 N–H and O–H groups in total. The molecule has 30 heavy (non-hydrogen) atoms. The molecule has 0 amide bonds. The molecule has 0 atom stereocenters. The predicted molar refractivity (Wildman–Crippen MR) is 116 cm³/mol. The molecule has 2 rings (SSSR count). The normalized spacial score (nSPS) is 11.6. The lowest BCUT2D eigenvalue weighted by molar-refractivity contribution is 0.0512. The van der Waals surface area contributed by atoms with Crippen molar-refractivity contribution < 1.29 is 27.5 Å².